The number of aliphatic carboxylic acids is 1. The van der Waals surface area contributed by atoms with Crippen LogP contribution in [0.25, 0.3) is 0 Å². The molecule has 16 heavy (non-hydrogen) atoms. The second kappa shape index (κ2) is 8.62. The van der Waals surface area contributed by atoms with E-state index < -0.39 is 5.97 Å². The van der Waals surface area contributed by atoms with Crippen LogP contribution in [0.3, 0.4) is 0 Å². The average molecular weight is 229 g/mol. The van der Waals surface area contributed by atoms with Gasteiger partial charge in [0, 0.05) is 25.2 Å². The Morgan fingerprint density at radius 2 is 1.88 bits per heavy atom. The van der Waals surface area contributed by atoms with Crippen molar-refractivity contribution in [2.24, 2.45) is 0 Å². The minimum absolute atomic E-state index is 0. The summed E-state index contributed by atoms with van der Waals surface area (Å²) in [7, 11) is 2.01. The van der Waals surface area contributed by atoms with E-state index >= 15 is 0 Å². The van der Waals surface area contributed by atoms with Gasteiger partial charge in [0.05, 0.1) is 0 Å². The molecule has 0 spiro atoms. The fourth-order valence-corrected chi connectivity index (χ4v) is 1.43. The first kappa shape index (κ1) is 15.5. The first-order chi connectivity index (χ1) is 7.20. The van der Waals surface area contributed by atoms with Crippen molar-refractivity contribution in [3.63, 3.8) is 0 Å². The van der Waals surface area contributed by atoms with Crippen molar-refractivity contribution in [3.8, 4) is 0 Å². The van der Waals surface area contributed by atoms with Crippen LogP contribution in [0.4, 0.5) is 5.69 Å². The molecule has 0 saturated heterocycles. The summed E-state index contributed by atoms with van der Waals surface area (Å²) < 4.78 is 0. The number of unbranched alkanes of at least 4 members (excludes halogenated alkanes) is 1. The molecule has 0 bridgehead atoms. The Labute approximate surface area is 119 Å². The fourth-order valence-electron chi connectivity index (χ4n) is 1.43. The molecular weight excluding hydrogens is 213 g/mol. The van der Waals surface area contributed by atoms with Crippen LogP contribution >= 0.6 is 0 Å². The fraction of sp³-hybridized carbons (Fsp3) is 0.417. The number of carbonyl (C=O) groups is 1. The monoisotopic (exact) mass is 229 g/mol. The SMILES string of the molecule is CN(CCCCC(=O)[O-])c1ccccc1.[Na+]. The number of carboxylic acid groups (broad SMARTS) is 1. The largest absolute Gasteiger partial charge is 1.00 e. The second-order valence-electron chi connectivity index (χ2n) is 3.59. The number of carboxylic acids is 1. The van der Waals surface area contributed by atoms with Gasteiger partial charge in [0.1, 0.15) is 0 Å². The Morgan fingerprint density at radius 1 is 1.25 bits per heavy atom. The molecule has 0 fully saturated rings. The maximum Gasteiger partial charge on any atom is 1.00 e. The molecule has 82 valence electrons. The topological polar surface area (TPSA) is 43.4 Å². The van der Waals surface area contributed by atoms with Gasteiger partial charge >= 0.3 is 29.6 Å². The predicted molar refractivity (Wildman–Crippen MR) is 58.6 cm³/mol. The van der Waals surface area contributed by atoms with Gasteiger partial charge in [-0.25, -0.2) is 0 Å². The van der Waals surface area contributed by atoms with E-state index in [0.29, 0.717) is 6.42 Å². The zero-order chi connectivity index (χ0) is 11.1. The van der Waals surface area contributed by atoms with Gasteiger partial charge in [0.15, 0.2) is 0 Å². The normalized spacial score (nSPS) is 9.31. The molecule has 0 amide bonds. The zero-order valence-electron chi connectivity index (χ0n) is 9.98. The van der Waals surface area contributed by atoms with Crippen molar-refractivity contribution in [1.29, 1.82) is 0 Å². The molecule has 0 heterocycles. The number of para-hydroxylation sites is 1. The number of benzene rings is 1. The van der Waals surface area contributed by atoms with Crippen LogP contribution in [0, 0.1) is 0 Å². The summed E-state index contributed by atoms with van der Waals surface area (Å²) in [4.78, 5) is 12.3. The summed E-state index contributed by atoms with van der Waals surface area (Å²) in [6, 6.07) is 10.0. The van der Waals surface area contributed by atoms with Crippen LogP contribution in [0.5, 0.6) is 0 Å². The predicted octanol–water partition coefficient (Wildman–Crippen LogP) is -1.95. The van der Waals surface area contributed by atoms with Gasteiger partial charge in [0.25, 0.3) is 0 Å². The van der Waals surface area contributed by atoms with Crippen LogP contribution in [0.1, 0.15) is 19.3 Å². The van der Waals surface area contributed by atoms with Crippen molar-refractivity contribution in [2.45, 2.75) is 19.3 Å². The second-order valence-corrected chi connectivity index (χ2v) is 3.59. The Bertz CT molecular complexity index is 303. The van der Waals surface area contributed by atoms with Crippen LogP contribution in [0.15, 0.2) is 30.3 Å². The van der Waals surface area contributed by atoms with E-state index in [1.54, 1.807) is 0 Å². The standard InChI is InChI=1S/C12H17NO2.Na/c1-13(10-6-5-9-12(14)15)11-7-3-2-4-8-11;/h2-4,7-8H,5-6,9-10H2,1H3,(H,14,15);/q;+1/p-1. The van der Waals surface area contributed by atoms with E-state index in [9.17, 15) is 9.90 Å². The molecule has 0 atom stereocenters. The van der Waals surface area contributed by atoms with E-state index in [1.807, 2.05) is 37.4 Å². The number of rotatable bonds is 6. The summed E-state index contributed by atoms with van der Waals surface area (Å²) in [6.07, 6.45) is 1.71. The number of carbonyl (C=O) groups excluding carboxylic acids is 1. The first-order valence-electron chi connectivity index (χ1n) is 5.16. The first-order valence-corrected chi connectivity index (χ1v) is 5.16. The third-order valence-electron chi connectivity index (χ3n) is 2.32. The molecular formula is C12H16NNaO2. The van der Waals surface area contributed by atoms with Crippen LogP contribution in [-0.2, 0) is 4.79 Å². The smallest absolute Gasteiger partial charge is 0.550 e. The molecule has 0 aliphatic heterocycles. The van der Waals surface area contributed by atoms with Gasteiger partial charge in [-0.1, -0.05) is 18.2 Å². The Morgan fingerprint density at radius 3 is 2.44 bits per heavy atom. The van der Waals surface area contributed by atoms with Crippen LogP contribution in [0.2, 0.25) is 0 Å². The molecule has 0 aliphatic rings. The molecule has 1 aromatic rings. The van der Waals surface area contributed by atoms with Crippen molar-refractivity contribution in [1.82, 2.24) is 0 Å². The van der Waals surface area contributed by atoms with Gasteiger partial charge in [0.2, 0.25) is 0 Å². The van der Waals surface area contributed by atoms with Crippen LogP contribution < -0.4 is 39.6 Å². The molecule has 0 aromatic heterocycles. The summed E-state index contributed by atoms with van der Waals surface area (Å²) in [5.41, 5.74) is 1.16. The maximum absolute atomic E-state index is 10.2. The molecule has 0 N–H and O–H groups in total. The third-order valence-corrected chi connectivity index (χ3v) is 2.32. The maximum atomic E-state index is 10.2. The molecule has 1 rings (SSSR count). The Balaban J connectivity index is 0.00000225. The molecule has 1 aromatic carbocycles. The van der Waals surface area contributed by atoms with Crippen molar-refractivity contribution in [3.05, 3.63) is 30.3 Å². The molecule has 4 heteroatoms. The molecule has 0 unspecified atom stereocenters. The molecule has 3 nitrogen and oxygen atoms in total. The molecule has 0 aliphatic carbocycles. The van der Waals surface area contributed by atoms with Crippen molar-refractivity contribution in [2.75, 3.05) is 18.5 Å². The molecule has 0 saturated carbocycles. The Kier molecular flexibility index (Phi) is 8.35. The number of anilines is 1. The Hall–Kier alpha value is -0.510. The quantitative estimate of drug-likeness (QED) is 0.420. The zero-order valence-corrected chi connectivity index (χ0v) is 12.0. The van der Waals surface area contributed by atoms with E-state index in [-0.39, 0.29) is 36.0 Å². The van der Waals surface area contributed by atoms with Gasteiger partial charge in [-0.2, -0.15) is 0 Å². The minimum atomic E-state index is -0.961. The molecule has 0 radical (unpaired) electrons. The number of hydrogen-bond acceptors (Lipinski definition) is 3. The van der Waals surface area contributed by atoms with Gasteiger partial charge < -0.3 is 14.8 Å². The van der Waals surface area contributed by atoms with E-state index in [1.165, 1.54) is 0 Å². The average Bonchev–Trinajstić information content (AvgIpc) is 2.25. The van der Waals surface area contributed by atoms with E-state index in [0.717, 1.165) is 18.7 Å². The summed E-state index contributed by atoms with van der Waals surface area (Å²) in [5.74, 6) is -0.961. The van der Waals surface area contributed by atoms with Gasteiger partial charge in [-0.3, -0.25) is 0 Å². The minimum Gasteiger partial charge on any atom is -0.550 e. The third kappa shape index (κ3) is 6.16. The van der Waals surface area contributed by atoms with Crippen molar-refractivity contribution < 1.29 is 39.5 Å². The van der Waals surface area contributed by atoms with E-state index in [2.05, 4.69) is 4.90 Å². The van der Waals surface area contributed by atoms with Crippen LogP contribution in [-0.4, -0.2) is 19.6 Å². The van der Waals surface area contributed by atoms with Gasteiger partial charge in [-0.05, 0) is 31.4 Å². The number of hydrogen-bond donors (Lipinski definition) is 0. The number of nitrogens with zero attached hydrogens (tertiary/aromatic N) is 1. The summed E-state index contributed by atoms with van der Waals surface area (Å²) in [6.45, 7) is 0.872. The van der Waals surface area contributed by atoms with E-state index in [4.69, 9.17) is 0 Å². The van der Waals surface area contributed by atoms with Gasteiger partial charge in [-0.15, -0.1) is 0 Å². The summed E-state index contributed by atoms with van der Waals surface area (Å²) in [5, 5.41) is 10.2. The van der Waals surface area contributed by atoms with Crippen molar-refractivity contribution >= 4 is 11.7 Å². The summed E-state index contributed by atoms with van der Waals surface area (Å²) >= 11 is 0.